The Hall–Kier alpha value is -1.14. The van der Waals surface area contributed by atoms with Gasteiger partial charge in [0.05, 0.1) is 22.2 Å². The lowest BCUT2D eigenvalue weighted by Crippen LogP contribution is -2.10. The van der Waals surface area contributed by atoms with E-state index in [9.17, 15) is 5.11 Å². The van der Waals surface area contributed by atoms with Gasteiger partial charge in [0.25, 0.3) is 0 Å². The minimum Gasteiger partial charge on any atom is -0.388 e. The third-order valence-corrected chi connectivity index (χ3v) is 3.30. The molecule has 0 saturated heterocycles. The largest absolute Gasteiger partial charge is 0.388 e. The molecule has 102 valence electrons. The van der Waals surface area contributed by atoms with Gasteiger partial charge in [-0.25, -0.2) is 0 Å². The fourth-order valence-corrected chi connectivity index (χ4v) is 2.33. The predicted molar refractivity (Wildman–Crippen MR) is 73.3 cm³/mol. The zero-order valence-electron chi connectivity index (χ0n) is 10.3. The lowest BCUT2D eigenvalue weighted by molar-refractivity contribution is 0.183. The molecule has 1 heterocycles. The molecule has 0 spiro atoms. The molecule has 0 unspecified atom stereocenters. The highest BCUT2D eigenvalue weighted by molar-refractivity contribution is 6.38. The number of benzene rings is 1. The van der Waals surface area contributed by atoms with E-state index in [1.165, 1.54) is 0 Å². The number of hydrogen-bond acceptors (Lipinski definition) is 4. The van der Waals surface area contributed by atoms with Crippen molar-refractivity contribution >= 4 is 23.2 Å². The molecule has 0 aliphatic heterocycles. The predicted octanol–water partition coefficient (Wildman–Crippen LogP) is 2.39. The Morgan fingerprint density at radius 1 is 1.26 bits per heavy atom. The molecule has 1 N–H and O–H groups in total. The first-order chi connectivity index (χ1) is 9.19. The van der Waals surface area contributed by atoms with E-state index in [1.807, 2.05) is 0 Å². The highest BCUT2D eigenvalue weighted by Crippen LogP contribution is 2.33. The van der Waals surface area contributed by atoms with E-state index in [4.69, 9.17) is 27.9 Å². The molecule has 1 aromatic heterocycles. The molecule has 2 rings (SSSR count). The van der Waals surface area contributed by atoms with Crippen LogP contribution in [-0.4, -0.2) is 33.6 Å². The molecule has 0 bridgehead atoms. The minimum atomic E-state index is -0.210. The molecule has 0 radical (unpaired) electrons. The molecule has 0 atom stereocenters. The van der Waals surface area contributed by atoms with Crippen molar-refractivity contribution < 1.29 is 9.84 Å². The van der Waals surface area contributed by atoms with E-state index >= 15 is 0 Å². The average molecular weight is 302 g/mol. The van der Waals surface area contributed by atoms with E-state index in [-0.39, 0.29) is 6.61 Å². The lowest BCUT2D eigenvalue weighted by atomic mass is 10.2. The number of nitrogens with zero attached hydrogens (tertiary/aromatic N) is 3. The minimum absolute atomic E-state index is 0.210. The number of methoxy groups -OCH3 is 1. The summed E-state index contributed by atoms with van der Waals surface area (Å²) in [6, 6.07) is 5.23. The van der Waals surface area contributed by atoms with E-state index in [0.717, 1.165) is 0 Å². The second-order valence-corrected chi connectivity index (χ2v) is 4.65. The Bertz CT molecular complexity index is 552. The van der Waals surface area contributed by atoms with Crippen molar-refractivity contribution in [2.75, 3.05) is 13.7 Å². The van der Waals surface area contributed by atoms with Crippen molar-refractivity contribution in [2.45, 2.75) is 13.2 Å². The monoisotopic (exact) mass is 301 g/mol. The molecule has 0 aliphatic rings. The molecule has 1 aromatic carbocycles. The summed E-state index contributed by atoms with van der Waals surface area (Å²) < 4.78 is 6.79. The molecule has 0 fully saturated rings. The van der Waals surface area contributed by atoms with Gasteiger partial charge in [-0.1, -0.05) is 29.3 Å². The Balaban J connectivity index is 2.52. The first-order valence-corrected chi connectivity index (χ1v) is 6.41. The number of aromatic nitrogens is 3. The molecular weight excluding hydrogens is 289 g/mol. The Kier molecular flexibility index (Phi) is 4.76. The smallest absolute Gasteiger partial charge is 0.167 e. The first kappa shape index (κ1) is 14.3. The number of aliphatic hydroxyl groups is 1. The van der Waals surface area contributed by atoms with Gasteiger partial charge < -0.3 is 14.4 Å². The van der Waals surface area contributed by atoms with Gasteiger partial charge in [0.15, 0.2) is 11.6 Å². The Morgan fingerprint density at radius 3 is 2.53 bits per heavy atom. The van der Waals surface area contributed by atoms with Crippen molar-refractivity contribution in [3.05, 3.63) is 34.1 Å². The molecule has 5 nitrogen and oxygen atoms in total. The lowest BCUT2D eigenvalue weighted by Gasteiger charge is -2.10. The van der Waals surface area contributed by atoms with Gasteiger partial charge in [-0.3, -0.25) is 0 Å². The normalized spacial score (nSPS) is 10.9. The van der Waals surface area contributed by atoms with Crippen molar-refractivity contribution in [3.63, 3.8) is 0 Å². The average Bonchev–Trinajstić information content (AvgIpc) is 2.79. The van der Waals surface area contributed by atoms with Crippen LogP contribution in [0.5, 0.6) is 0 Å². The van der Waals surface area contributed by atoms with Gasteiger partial charge in [0.2, 0.25) is 0 Å². The fraction of sp³-hybridized carbons (Fsp3) is 0.333. The summed E-state index contributed by atoms with van der Waals surface area (Å²) >= 11 is 12.3. The van der Waals surface area contributed by atoms with Crippen LogP contribution in [0.2, 0.25) is 10.0 Å². The molecule has 0 aliphatic carbocycles. The second kappa shape index (κ2) is 6.34. The standard InChI is InChI=1S/C12H13Cl2N3O2/c1-19-6-5-17-10(7-18)15-16-12(17)11-8(13)3-2-4-9(11)14/h2-4,18H,5-7H2,1H3. The fourth-order valence-electron chi connectivity index (χ4n) is 1.77. The quantitative estimate of drug-likeness (QED) is 0.921. The van der Waals surface area contributed by atoms with E-state index in [1.54, 1.807) is 29.9 Å². The first-order valence-electron chi connectivity index (χ1n) is 5.65. The van der Waals surface area contributed by atoms with Crippen LogP contribution < -0.4 is 0 Å². The molecule has 2 aromatic rings. The van der Waals surface area contributed by atoms with E-state index < -0.39 is 0 Å². The van der Waals surface area contributed by atoms with Crippen LogP contribution in [0.15, 0.2) is 18.2 Å². The second-order valence-electron chi connectivity index (χ2n) is 3.84. The van der Waals surface area contributed by atoms with Crippen LogP contribution in [-0.2, 0) is 17.9 Å². The molecule has 0 saturated carbocycles. The van der Waals surface area contributed by atoms with Gasteiger partial charge >= 0.3 is 0 Å². The highest BCUT2D eigenvalue weighted by Gasteiger charge is 2.18. The third-order valence-electron chi connectivity index (χ3n) is 2.67. The number of aliphatic hydroxyl groups excluding tert-OH is 1. The molecule has 19 heavy (non-hydrogen) atoms. The van der Waals surface area contributed by atoms with E-state index in [2.05, 4.69) is 10.2 Å². The van der Waals surface area contributed by atoms with E-state index in [0.29, 0.717) is 40.4 Å². The maximum absolute atomic E-state index is 9.29. The van der Waals surface area contributed by atoms with Crippen molar-refractivity contribution in [2.24, 2.45) is 0 Å². The van der Waals surface area contributed by atoms with Gasteiger partial charge in [-0.2, -0.15) is 0 Å². The van der Waals surface area contributed by atoms with Crippen LogP contribution in [0.4, 0.5) is 0 Å². The van der Waals surface area contributed by atoms with Crippen LogP contribution >= 0.6 is 23.2 Å². The summed E-state index contributed by atoms with van der Waals surface area (Å²) in [6.45, 7) is 0.773. The zero-order chi connectivity index (χ0) is 13.8. The van der Waals surface area contributed by atoms with Crippen LogP contribution in [0, 0.1) is 0 Å². The third kappa shape index (κ3) is 2.90. The summed E-state index contributed by atoms with van der Waals surface area (Å²) in [4.78, 5) is 0. The van der Waals surface area contributed by atoms with Gasteiger partial charge in [-0.05, 0) is 12.1 Å². The zero-order valence-corrected chi connectivity index (χ0v) is 11.8. The number of hydrogen-bond donors (Lipinski definition) is 1. The maximum Gasteiger partial charge on any atom is 0.167 e. The van der Waals surface area contributed by atoms with Crippen LogP contribution in [0.3, 0.4) is 0 Å². The Morgan fingerprint density at radius 2 is 1.95 bits per heavy atom. The highest BCUT2D eigenvalue weighted by atomic mass is 35.5. The summed E-state index contributed by atoms with van der Waals surface area (Å²) in [5.74, 6) is 0.972. The Labute approximate surface area is 120 Å². The summed E-state index contributed by atoms with van der Waals surface area (Å²) in [5.41, 5.74) is 0.606. The number of ether oxygens (including phenoxy) is 1. The summed E-state index contributed by atoms with van der Waals surface area (Å²) in [5, 5.41) is 18.3. The van der Waals surface area contributed by atoms with Crippen molar-refractivity contribution in [1.82, 2.24) is 14.8 Å². The SMILES string of the molecule is COCCn1c(CO)nnc1-c1c(Cl)cccc1Cl. The van der Waals surface area contributed by atoms with Crippen LogP contribution in [0.25, 0.3) is 11.4 Å². The molecule has 0 amide bonds. The van der Waals surface area contributed by atoms with Crippen LogP contribution in [0.1, 0.15) is 5.82 Å². The number of halogens is 2. The van der Waals surface area contributed by atoms with Gasteiger partial charge in [-0.15, -0.1) is 10.2 Å². The number of rotatable bonds is 5. The molecular formula is C12H13Cl2N3O2. The maximum atomic E-state index is 9.29. The summed E-state index contributed by atoms with van der Waals surface area (Å²) in [7, 11) is 1.60. The van der Waals surface area contributed by atoms with Crippen molar-refractivity contribution in [3.8, 4) is 11.4 Å². The van der Waals surface area contributed by atoms with Gasteiger partial charge in [0, 0.05) is 13.7 Å². The molecule has 7 heteroatoms. The topological polar surface area (TPSA) is 60.2 Å². The van der Waals surface area contributed by atoms with Gasteiger partial charge in [0.1, 0.15) is 6.61 Å². The van der Waals surface area contributed by atoms with Crippen molar-refractivity contribution in [1.29, 1.82) is 0 Å². The summed E-state index contributed by atoms with van der Waals surface area (Å²) in [6.07, 6.45) is 0.